The molecule has 4 heterocycles. The molecule has 2 aliphatic heterocycles. The van der Waals surface area contributed by atoms with Crippen molar-refractivity contribution in [3.8, 4) is 5.88 Å². The highest BCUT2D eigenvalue weighted by atomic mass is 19.3. The average molecular weight is 576 g/mol. The first-order valence-electron chi connectivity index (χ1n) is 13.7. The molecule has 1 unspecified atom stereocenters. The number of hydrogen-bond donors (Lipinski definition) is 2. The standard InChI is InChI=1S/C26H35F2N9O4/c1-4-40-21-12-30-20(11-31-21)33-24(38)36(3)18-15-37(10-8-26(18,27)28)23-29-9-7-19(32-23)34-25(39)41-22-16-5-6-17(22)14-35(2)13-16/h7,9,11-12,16-18,22H,4-6,8,10,13-15H2,1-3H3,(H,30,33,38)(H,29,32,34,39)/t16-,17+,18-,22?/m0/s1. The molecule has 2 aromatic rings. The molecule has 0 spiro atoms. The van der Waals surface area contributed by atoms with E-state index in [4.69, 9.17) is 9.47 Å². The Balaban J connectivity index is 1.21. The molecule has 2 saturated heterocycles. The van der Waals surface area contributed by atoms with Gasteiger partial charge in [-0.05, 0) is 32.9 Å². The van der Waals surface area contributed by atoms with Crippen LogP contribution in [0.25, 0.3) is 0 Å². The van der Waals surface area contributed by atoms with Gasteiger partial charge in [-0.25, -0.2) is 33.3 Å². The van der Waals surface area contributed by atoms with Crippen molar-refractivity contribution in [3.63, 3.8) is 0 Å². The van der Waals surface area contributed by atoms with Gasteiger partial charge in [0.25, 0.3) is 5.92 Å². The minimum absolute atomic E-state index is 0.0316. The second-order valence-electron chi connectivity index (χ2n) is 10.7. The quantitative estimate of drug-likeness (QED) is 0.507. The molecule has 3 fully saturated rings. The summed E-state index contributed by atoms with van der Waals surface area (Å²) in [5.74, 6) is -1.78. The second-order valence-corrected chi connectivity index (χ2v) is 10.7. The van der Waals surface area contributed by atoms with Gasteiger partial charge in [-0.15, -0.1) is 0 Å². The van der Waals surface area contributed by atoms with Crippen molar-refractivity contribution in [1.29, 1.82) is 0 Å². The van der Waals surface area contributed by atoms with E-state index in [1.165, 1.54) is 31.7 Å². The molecule has 41 heavy (non-hydrogen) atoms. The molecule has 0 radical (unpaired) electrons. The van der Waals surface area contributed by atoms with E-state index < -0.39 is 30.5 Å². The van der Waals surface area contributed by atoms with Crippen molar-refractivity contribution in [2.45, 2.75) is 44.3 Å². The summed E-state index contributed by atoms with van der Waals surface area (Å²) in [6, 6.07) is -0.726. The number of likely N-dealkylation sites (N-methyl/N-ethyl adjacent to an activating group) is 1. The number of aromatic nitrogens is 4. The van der Waals surface area contributed by atoms with Gasteiger partial charge in [-0.2, -0.15) is 4.98 Å². The third-order valence-electron chi connectivity index (χ3n) is 7.87. The van der Waals surface area contributed by atoms with E-state index in [1.807, 2.05) is 0 Å². The normalized spacial score (nSPS) is 25.3. The van der Waals surface area contributed by atoms with Crippen LogP contribution in [0.15, 0.2) is 24.7 Å². The summed E-state index contributed by atoms with van der Waals surface area (Å²) in [5, 5.41) is 5.15. The molecule has 3 aliphatic rings. The number of piperidine rings is 2. The van der Waals surface area contributed by atoms with Gasteiger partial charge in [0.15, 0.2) is 5.82 Å². The number of halogens is 2. The summed E-state index contributed by atoms with van der Waals surface area (Å²) in [6.07, 6.45) is 4.89. The molecule has 0 aromatic carbocycles. The molecule has 13 nitrogen and oxygen atoms in total. The number of likely N-dealkylation sites (tertiary alicyclic amines) is 1. The Labute approximate surface area is 236 Å². The number of carbonyl (C=O) groups is 2. The minimum Gasteiger partial charge on any atom is -0.477 e. The smallest absolute Gasteiger partial charge is 0.413 e. The Morgan fingerprint density at radius 2 is 1.85 bits per heavy atom. The molecule has 4 atom stereocenters. The van der Waals surface area contributed by atoms with Gasteiger partial charge in [0.05, 0.1) is 19.0 Å². The monoisotopic (exact) mass is 575 g/mol. The highest BCUT2D eigenvalue weighted by Crippen LogP contribution is 2.38. The maximum Gasteiger partial charge on any atom is 0.413 e. The Hall–Kier alpha value is -3.88. The predicted molar refractivity (Wildman–Crippen MR) is 145 cm³/mol. The molecule has 2 aromatic heterocycles. The minimum atomic E-state index is -3.15. The SMILES string of the molecule is CCOc1cnc(NC(=O)N(C)[C@H]2CN(c3nccc(NC(=O)OC4[C@@H]5CC[C@H]4CN(C)C5)n3)CCC2(F)F)cn1. The van der Waals surface area contributed by atoms with Crippen LogP contribution in [-0.2, 0) is 4.74 Å². The van der Waals surface area contributed by atoms with Crippen LogP contribution in [0.4, 0.5) is 36.0 Å². The average Bonchev–Trinajstić information content (AvgIpc) is 3.16. The summed E-state index contributed by atoms with van der Waals surface area (Å²) in [7, 11) is 3.37. The Kier molecular flexibility index (Phi) is 8.33. The zero-order valence-electron chi connectivity index (χ0n) is 23.3. The molecule has 5 rings (SSSR count). The first kappa shape index (κ1) is 28.6. The number of nitrogens with one attached hydrogen (secondary N) is 2. The largest absolute Gasteiger partial charge is 0.477 e. The fourth-order valence-electron chi connectivity index (χ4n) is 5.84. The van der Waals surface area contributed by atoms with Gasteiger partial charge >= 0.3 is 12.1 Å². The number of hydrogen-bond acceptors (Lipinski definition) is 10. The molecule has 1 saturated carbocycles. The maximum atomic E-state index is 15.0. The van der Waals surface area contributed by atoms with Crippen LogP contribution >= 0.6 is 0 Å². The number of ether oxygens (including phenoxy) is 2. The van der Waals surface area contributed by atoms with Crippen LogP contribution in [0, 0.1) is 11.8 Å². The fraction of sp³-hybridized carbons (Fsp3) is 0.615. The molecule has 2 bridgehead atoms. The van der Waals surface area contributed by atoms with Gasteiger partial charge in [0.1, 0.15) is 18.0 Å². The number of urea groups is 1. The summed E-state index contributed by atoms with van der Waals surface area (Å²) in [4.78, 5) is 46.9. The number of alkyl halides is 2. The molecule has 222 valence electrons. The summed E-state index contributed by atoms with van der Waals surface area (Å²) in [6.45, 7) is 3.74. The third kappa shape index (κ3) is 6.55. The Bertz CT molecular complexity index is 1220. The molecular weight excluding hydrogens is 540 g/mol. The highest BCUT2D eigenvalue weighted by molar-refractivity contribution is 5.88. The maximum absolute atomic E-state index is 15.0. The topological polar surface area (TPSA) is 138 Å². The van der Waals surface area contributed by atoms with Gasteiger partial charge in [-0.3, -0.25) is 10.6 Å². The number of nitrogens with zero attached hydrogens (tertiary/aromatic N) is 7. The highest BCUT2D eigenvalue weighted by Gasteiger charge is 2.48. The summed E-state index contributed by atoms with van der Waals surface area (Å²) >= 11 is 0. The molecule has 15 heteroatoms. The molecular formula is C26H35F2N9O4. The molecule has 3 amide bonds. The van der Waals surface area contributed by atoms with Gasteiger partial charge in [0.2, 0.25) is 11.8 Å². The summed E-state index contributed by atoms with van der Waals surface area (Å²) < 4.78 is 41.0. The van der Waals surface area contributed by atoms with E-state index >= 15 is 8.78 Å². The number of fused-ring (bicyclic) bond motifs is 2. The van der Waals surface area contributed by atoms with E-state index in [0.29, 0.717) is 18.4 Å². The Morgan fingerprint density at radius 3 is 2.54 bits per heavy atom. The van der Waals surface area contributed by atoms with Crippen LogP contribution in [0.2, 0.25) is 0 Å². The van der Waals surface area contributed by atoms with Crippen LogP contribution in [0.5, 0.6) is 5.88 Å². The van der Waals surface area contributed by atoms with E-state index in [-0.39, 0.29) is 42.7 Å². The lowest BCUT2D eigenvalue weighted by atomic mass is 9.95. The van der Waals surface area contributed by atoms with Gasteiger partial charge in [-0.1, -0.05) is 0 Å². The van der Waals surface area contributed by atoms with Crippen molar-refractivity contribution in [2.75, 3.05) is 62.4 Å². The van der Waals surface area contributed by atoms with Crippen molar-refractivity contribution >= 4 is 29.7 Å². The predicted octanol–water partition coefficient (Wildman–Crippen LogP) is 2.93. The van der Waals surface area contributed by atoms with E-state index in [1.54, 1.807) is 11.8 Å². The van der Waals surface area contributed by atoms with Crippen molar-refractivity contribution in [3.05, 3.63) is 24.7 Å². The van der Waals surface area contributed by atoms with Gasteiger partial charge < -0.3 is 24.2 Å². The van der Waals surface area contributed by atoms with Crippen LogP contribution < -0.4 is 20.3 Å². The third-order valence-corrected chi connectivity index (χ3v) is 7.87. The number of anilines is 3. The van der Waals surface area contributed by atoms with Crippen molar-refractivity contribution < 1.29 is 27.8 Å². The van der Waals surface area contributed by atoms with E-state index in [0.717, 1.165) is 30.8 Å². The lowest BCUT2D eigenvalue weighted by molar-refractivity contribution is -0.0760. The zero-order valence-corrected chi connectivity index (χ0v) is 23.3. The lowest BCUT2D eigenvalue weighted by Gasteiger charge is -2.42. The Morgan fingerprint density at radius 1 is 1.10 bits per heavy atom. The fourth-order valence-corrected chi connectivity index (χ4v) is 5.84. The van der Waals surface area contributed by atoms with Crippen LogP contribution in [0.1, 0.15) is 26.2 Å². The van der Waals surface area contributed by atoms with Crippen LogP contribution in [0.3, 0.4) is 0 Å². The van der Waals surface area contributed by atoms with E-state index in [2.05, 4.69) is 42.5 Å². The van der Waals surface area contributed by atoms with E-state index in [9.17, 15) is 9.59 Å². The second kappa shape index (κ2) is 11.9. The summed E-state index contributed by atoms with van der Waals surface area (Å²) in [5.41, 5.74) is 0. The van der Waals surface area contributed by atoms with Crippen molar-refractivity contribution in [1.82, 2.24) is 29.7 Å². The first-order valence-corrected chi connectivity index (χ1v) is 13.7. The lowest BCUT2D eigenvalue weighted by Crippen LogP contribution is -2.60. The zero-order chi connectivity index (χ0) is 29.1. The number of carbonyl (C=O) groups excluding carboxylic acids is 2. The van der Waals surface area contributed by atoms with Crippen molar-refractivity contribution in [2.24, 2.45) is 11.8 Å². The molecule has 1 aliphatic carbocycles. The van der Waals surface area contributed by atoms with Gasteiger partial charge in [0, 0.05) is 57.7 Å². The number of rotatable bonds is 7. The van der Waals surface area contributed by atoms with Crippen LogP contribution in [-0.4, -0.2) is 107 Å². The number of amides is 3. The molecule has 2 N–H and O–H groups in total. The first-order chi connectivity index (χ1) is 19.6.